The molecular weight excluding hydrogens is 488 g/mol. The van der Waals surface area contributed by atoms with Crippen LogP contribution in [0.4, 0.5) is 4.79 Å². The molecule has 1 aliphatic heterocycles. The minimum atomic E-state index is -0.894. The molecule has 1 aromatic heterocycles. The van der Waals surface area contributed by atoms with Gasteiger partial charge in [0.1, 0.15) is 11.3 Å². The average Bonchev–Trinajstić information content (AvgIpc) is 2.89. The zero-order valence-corrected chi connectivity index (χ0v) is 21.3. The topological polar surface area (TPSA) is 141 Å². The summed E-state index contributed by atoms with van der Waals surface area (Å²) in [6.07, 6.45) is -0.424. The van der Waals surface area contributed by atoms with E-state index in [-0.39, 0.29) is 54.1 Å². The summed E-state index contributed by atoms with van der Waals surface area (Å²) in [6.45, 7) is 3.19. The molecule has 0 saturated carbocycles. The second kappa shape index (κ2) is 12.4. The monoisotopic (exact) mass is 518 g/mol. The Hall–Kier alpha value is -3.54. The minimum Gasteiger partial charge on any atom is -0.495 e. The van der Waals surface area contributed by atoms with E-state index in [1.54, 1.807) is 41.0 Å². The van der Waals surface area contributed by atoms with Gasteiger partial charge in [0.05, 0.1) is 43.7 Å². The Morgan fingerprint density at radius 3 is 2.36 bits per heavy atom. The summed E-state index contributed by atoms with van der Waals surface area (Å²) in [4.78, 5) is 58.0. The van der Waals surface area contributed by atoms with Gasteiger partial charge in [-0.05, 0) is 19.1 Å². The number of esters is 1. The number of amides is 3. The number of aromatic nitrogens is 1. The minimum absolute atomic E-state index is 0.0214. The first-order valence-corrected chi connectivity index (χ1v) is 12.6. The van der Waals surface area contributed by atoms with E-state index in [4.69, 9.17) is 19.9 Å². The summed E-state index contributed by atoms with van der Waals surface area (Å²) in [5.41, 5.74) is 6.51. The Labute approximate surface area is 213 Å². The number of ether oxygens (including phenoxy) is 3. The van der Waals surface area contributed by atoms with Crippen LogP contribution in [0.2, 0.25) is 0 Å². The first kappa shape index (κ1) is 27.1. The van der Waals surface area contributed by atoms with Crippen LogP contribution in [0.25, 0.3) is 10.9 Å². The van der Waals surface area contributed by atoms with Crippen LogP contribution < -0.4 is 10.5 Å². The van der Waals surface area contributed by atoms with Crippen molar-refractivity contribution in [1.82, 2.24) is 14.8 Å². The lowest BCUT2D eigenvalue weighted by Crippen LogP contribution is -2.52. The molecule has 0 radical (unpaired) electrons. The standard InChI is InChI=1S/C24H30N4O7S/c1-4-35-24(32)28-11-9-27(10-12-28)23(31)16(13-36-14-18(29)33-2)20-19(22(25)30)21(34-3)15-7-5-6-8-17(15)26-20/h5-8,16H,4,9-14H2,1-3H3,(H2,25,30). The number of hydrogen-bond donors (Lipinski definition) is 1. The number of para-hydroxylation sites is 1. The average molecular weight is 519 g/mol. The maximum Gasteiger partial charge on any atom is 0.409 e. The van der Waals surface area contributed by atoms with Gasteiger partial charge in [-0.15, -0.1) is 11.8 Å². The molecule has 1 aliphatic rings. The SMILES string of the molecule is CCOC(=O)N1CCN(C(=O)C(CSCC(=O)OC)c2nc3ccccc3c(OC)c2C(N)=O)CC1. The van der Waals surface area contributed by atoms with Crippen LogP contribution in [0.5, 0.6) is 5.75 Å². The van der Waals surface area contributed by atoms with Gasteiger partial charge in [-0.3, -0.25) is 19.4 Å². The predicted molar refractivity (Wildman–Crippen MR) is 134 cm³/mol. The number of carbonyl (C=O) groups is 4. The molecule has 194 valence electrons. The Kier molecular flexibility index (Phi) is 9.34. The third-order valence-corrected chi connectivity index (χ3v) is 6.81. The van der Waals surface area contributed by atoms with E-state index in [9.17, 15) is 19.2 Å². The van der Waals surface area contributed by atoms with Crippen LogP contribution in [-0.4, -0.2) is 97.2 Å². The molecule has 3 amide bonds. The third kappa shape index (κ3) is 5.99. The normalized spacial score (nSPS) is 14.3. The molecule has 1 aromatic carbocycles. The highest BCUT2D eigenvalue weighted by molar-refractivity contribution is 8.00. The number of fused-ring (bicyclic) bond motifs is 1. The van der Waals surface area contributed by atoms with Crippen LogP contribution in [0.1, 0.15) is 28.9 Å². The van der Waals surface area contributed by atoms with Crippen molar-refractivity contribution in [3.8, 4) is 5.75 Å². The highest BCUT2D eigenvalue weighted by Crippen LogP contribution is 2.35. The van der Waals surface area contributed by atoms with Gasteiger partial charge in [0.15, 0.2) is 0 Å². The van der Waals surface area contributed by atoms with Gasteiger partial charge in [0.2, 0.25) is 5.91 Å². The lowest BCUT2D eigenvalue weighted by molar-refractivity contribution is -0.137. The van der Waals surface area contributed by atoms with E-state index in [2.05, 4.69) is 4.98 Å². The molecule has 1 unspecified atom stereocenters. The molecule has 1 saturated heterocycles. The number of hydrogen-bond acceptors (Lipinski definition) is 9. The number of carbonyl (C=O) groups excluding carboxylic acids is 4. The molecule has 0 spiro atoms. The molecule has 2 N–H and O–H groups in total. The number of benzene rings is 1. The Morgan fingerprint density at radius 1 is 1.08 bits per heavy atom. The molecule has 2 heterocycles. The van der Waals surface area contributed by atoms with Gasteiger partial charge in [-0.1, -0.05) is 12.1 Å². The maximum absolute atomic E-state index is 13.8. The lowest BCUT2D eigenvalue weighted by atomic mass is 9.96. The van der Waals surface area contributed by atoms with Gasteiger partial charge >= 0.3 is 12.1 Å². The quantitative estimate of drug-likeness (QED) is 0.490. The van der Waals surface area contributed by atoms with Crippen LogP contribution in [0.15, 0.2) is 24.3 Å². The summed E-state index contributed by atoms with van der Waals surface area (Å²) in [6, 6.07) is 7.09. The molecule has 0 bridgehead atoms. The third-order valence-electron chi connectivity index (χ3n) is 5.80. The molecule has 36 heavy (non-hydrogen) atoms. The Morgan fingerprint density at radius 2 is 1.75 bits per heavy atom. The first-order chi connectivity index (χ1) is 17.3. The van der Waals surface area contributed by atoms with E-state index in [0.29, 0.717) is 24.0 Å². The number of thioether (sulfide) groups is 1. The molecule has 2 aromatic rings. The summed E-state index contributed by atoms with van der Waals surface area (Å²) in [5.74, 6) is -1.98. The number of rotatable bonds is 9. The lowest BCUT2D eigenvalue weighted by Gasteiger charge is -2.36. The van der Waals surface area contributed by atoms with Gasteiger partial charge in [-0.2, -0.15) is 0 Å². The van der Waals surface area contributed by atoms with E-state index in [1.807, 2.05) is 0 Å². The fourth-order valence-electron chi connectivity index (χ4n) is 4.03. The Bertz CT molecular complexity index is 1130. The van der Waals surface area contributed by atoms with Crippen molar-refractivity contribution in [1.29, 1.82) is 0 Å². The fraction of sp³-hybridized carbons (Fsp3) is 0.458. The molecule has 1 atom stereocenters. The zero-order chi connectivity index (χ0) is 26.2. The summed E-state index contributed by atoms with van der Waals surface area (Å²) >= 11 is 1.19. The van der Waals surface area contributed by atoms with E-state index < -0.39 is 23.9 Å². The number of piperazine rings is 1. The summed E-state index contributed by atoms with van der Waals surface area (Å²) < 4.78 is 15.3. The number of primary amides is 1. The molecular formula is C24H30N4O7S. The summed E-state index contributed by atoms with van der Waals surface area (Å²) in [5, 5.41) is 0.592. The number of nitrogens with two attached hydrogens (primary N) is 1. The van der Waals surface area contributed by atoms with Crippen LogP contribution in [0.3, 0.4) is 0 Å². The van der Waals surface area contributed by atoms with Crippen molar-refractivity contribution < 1.29 is 33.4 Å². The van der Waals surface area contributed by atoms with Crippen molar-refractivity contribution in [2.75, 3.05) is 58.5 Å². The van der Waals surface area contributed by atoms with E-state index in [1.165, 1.54) is 26.0 Å². The van der Waals surface area contributed by atoms with Crippen molar-refractivity contribution in [2.45, 2.75) is 12.8 Å². The molecule has 12 heteroatoms. The van der Waals surface area contributed by atoms with Gasteiger partial charge in [0, 0.05) is 37.3 Å². The number of pyridine rings is 1. The highest BCUT2D eigenvalue weighted by Gasteiger charge is 2.35. The highest BCUT2D eigenvalue weighted by atomic mass is 32.2. The number of methoxy groups -OCH3 is 2. The Balaban J connectivity index is 1.98. The first-order valence-electron chi connectivity index (χ1n) is 11.4. The molecule has 1 fully saturated rings. The van der Waals surface area contributed by atoms with Gasteiger partial charge in [-0.25, -0.2) is 4.79 Å². The molecule has 11 nitrogen and oxygen atoms in total. The van der Waals surface area contributed by atoms with Gasteiger partial charge < -0.3 is 29.7 Å². The van der Waals surface area contributed by atoms with Crippen LogP contribution >= 0.6 is 11.8 Å². The maximum atomic E-state index is 13.8. The largest absolute Gasteiger partial charge is 0.495 e. The molecule has 3 rings (SSSR count). The second-order valence-electron chi connectivity index (χ2n) is 7.94. The van der Waals surface area contributed by atoms with E-state index in [0.717, 1.165) is 0 Å². The van der Waals surface area contributed by atoms with Crippen molar-refractivity contribution in [2.24, 2.45) is 5.73 Å². The van der Waals surface area contributed by atoms with Crippen molar-refractivity contribution >= 4 is 46.5 Å². The predicted octanol–water partition coefficient (Wildman–Crippen LogP) is 1.63. The van der Waals surface area contributed by atoms with E-state index >= 15 is 0 Å². The fourth-order valence-corrected chi connectivity index (χ4v) is 4.97. The van der Waals surface area contributed by atoms with Crippen molar-refractivity contribution in [3.05, 3.63) is 35.5 Å². The van der Waals surface area contributed by atoms with Crippen LogP contribution in [-0.2, 0) is 19.1 Å². The molecule has 0 aliphatic carbocycles. The van der Waals surface area contributed by atoms with Crippen LogP contribution in [0, 0.1) is 0 Å². The smallest absolute Gasteiger partial charge is 0.409 e. The summed E-state index contributed by atoms with van der Waals surface area (Å²) in [7, 11) is 2.71. The number of nitrogens with zero attached hydrogens (tertiary/aromatic N) is 3. The van der Waals surface area contributed by atoms with Crippen molar-refractivity contribution in [3.63, 3.8) is 0 Å². The van der Waals surface area contributed by atoms with Gasteiger partial charge in [0.25, 0.3) is 5.91 Å². The zero-order valence-electron chi connectivity index (χ0n) is 20.5. The second-order valence-corrected chi connectivity index (χ2v) is 8.97.